The average molecular weight is 1030 g/mol. The van der Waals surface area contributed by atoms with Gasteiger partial charge in [-0.05, 0) is 89.9 Å². The summed E-state index contributed by atoms with van der Waals surface area (Å²) in [7, 11) is -10.7. The summed E-state index contributed by atoms with van der Waals surface area (Å²) in [6, 6.07) is 0. The maximum atomic E-state index is 13.0. The van der Waals surface area contributed by atoms with Crippen LogP contribution in [-0.4, -0.2) is 114 Å². The van der Waals surface area contributed by atoms with Crippen molar-refractivity contribution in [2.24, 2.45) is 0 Å². The van der Waals surface area contributed by atoms with Gasteiger partial charge in [-0.15, -0.1) is 0 Å². The summed E-state index contributed by atoms with van der Waals surface area (Å²) in [4.78, 5) is 54.3. The Morgan fingerprint density at radius 1 is 0.543 bits per heavy atom. The van der Waals surface area contributed by atoms with E-state index in [1.165, 1.54) is 12.8 Å². The van der Waals surface area contributed by atoms with Crippen LogP contribution in [0.2, 0.25) is 0 Å². The summed E-state index contributed by atoms with van der Waals surface area (Å²) in [6.45, 7) is 2.81. The van der Waals surface area contributed by atoms with Gasteiger partial charge < -0.3 is 49.7 Å². The fourth-order valence-electron chi connectivity index (χ4n) is 6.60. The quantitative estimate of drug-likeness (QED) is 0.00940. The van der Waals surface area contributed by atoms with Crippen LogP contribution in [-0.2, 0) is 41.8 Å². The lowest BCUT2D eigenvalue weighted by Gasteiger charge is -2.43. The highest BCUT2D eigenvalue weighted by molar-refractivity contribution is 7.47. The van der Waals surface area contributed by atoms with Crippen molar-refractivity contribution in [1.29, 1.82) is 0 Å². The van der Waals surface area contributed by atoms with E-state index in [1.54, 1.807) is 12.2 Å². The molecule has 0 saturated heterocycles. The number of carbonyl (C=O) groups excluding carboxylic acids is 2. The van der Waals surface area contributed by atoms with Crippen molar-refractivity contribution in [1.82, 2.24) is 0 Å². The molecule has 0 aromatic carbocycles. The number of rotatable bonds is 39. The molecule has 17 nitrogen and oxygen atoms in total. The molecule has 1 saturated carbocycles. The smallest absolute Gasteiger partial charge is 0.462 e. The molecular formula is C51H82O17P2. The minimum absolute atomic E-state index is 0.00163. The van der Waals surface area contributed by atoms with Crippen LogP contribution in [0.1, 0.15) is 136 Å². The number of aliphatic hydroxyl groups is 5. The third-order valence-electron chi connectivity index (χ3n) is 10.4. The molecule has 0 aromatic rings. The topological polar surface area (TPSA) is 276 Å². The minimum Gasteiger partial charge on any atom is -0.462 e. The largest absolute Gasteiger partial charge is 0.472 e. The summed E-state index contributed by atoms with van der Waals surface area (Å²) < 4.78 is 49.3. The van der Waals surface area contributed by atoms with E-state index in [0.29, 0.717) is 38.5 Å². The summed E-state index contributed by atoms with van der Waals surface area (Å²) >= 11 is 0. The van der Waals surface area contributed by atoms with Crippen molar-refractivity contribution in [3.8, 4) is 0 Å². The summed E-state index contributed by atoms with van der Waals surface area (Å²) in [5.41, 5.74) is 0. The number of hydrogen-bond donors (Lipinski definition) is 8. The lowest BCUT2D eigenvalue weighted by molar-refractivity contribution is -0.216. The normalized spacial score (nSPS) is 22.4. The average Bonchev–Trinajstić information content (AvgIpc) is 3.31. The Morgan fingerprint density at radius 2 is 1.06 bits per heavy atom. The molecule has 8 N–H and O–H groups in total. The second-order valence-corrected chi connectivity index (χ2v) is 19.2. The number of hydrogen-bond acceptors (Lipinski definition) is 14. The van der Waals surface area contributed by atoms with Crippen LogP contribution in [0.5, 0.6) is 0 Å². The molecular weight excluding hydrogens is 946 g/mol. The Balaban J connectivity index is 2.67. The molecule has 5 unspecified atom stereocenters. The monoisotopic (exact) mass is 1030 g/mol. The van der Waals surface area contributed by atoms with Crippen molar-refractivity contribution in [2.75, 3.05) is 13.2 Å². The molecule has 70 heavy (non-hydrogen) atoms. The Morgan fingerprint density at radius 3 is 1.64 bits per heavy atom. The Bertz CT molecular complexity index is 1780. The first-order valence-corrected chi connectivity index (χ1v) is 27.6. The molecule has 1 aliphatic carbocycles. The van der Waals surface area contributed by atoms with E-state index in [1.807, 2.05) is 30.4 Å². The number of esters is 2. The molecule has 1 rings (SSSR count). The highest BCUT2D eigenvalue weighted by atomic mass is 31.2. The summed E-state index contributed by atoms with van der Waals surface area (Å²) in [5, 5.41) is 51.3. The first-order valence-electron chi connectivity index (χ1n) is 24.5. The molecule has 0 aromatic heterocycles. The van der Waals surface area contributed by atoms with Gasteiger partial charge in [-0.2, -0.15) is 0 Å². The highest BCUT2D eigenvalue weighted by Gasteiger charge is 2.54. The molecule has 0 spiro atoms. The number of aliphatic hydroxyl groups excluding tert-OH is 5. The molecule has 0 aliphatic heterocycles. The van der Waals surface area contributed by atoms with E-state index in [0.717, 1.165) is 57.8 Å². The van der Waals surface area contributed by atoms with Gasteiger partial charge in [0.25, 0.3) is 0 Å². The second kappa shape index (κ2) is 40.1. The molecule has 9 atom stereocenters. The number of allylic oxidation sites excluding steroid dienone is 16. The zero-order valence-electron chi connectivity index (χ0n) is 41.0. The van der Waals surface area contributed by atoms with E-state index in [-0.39, 0.29) is 12.8 Å². The number of carbonyl (C=O) groups is 2. The fraction of sp³-hybridized carbons (Fsp3) is 0.608. The van der Waals surface area contributed by atoms with E-state index in [2.05, 4.69) is 85.2 Å². The molecule has 398 valence electrons. The van der Waals surface area contributed by atoms with E-state index in [9.17, 15) is 58.9 Å². The summed E-state index contributed by atoms with van der Waals surface area (Å²) in [5.74, 6) is -1.36. The van der Waals surface area contributed by atoms with Crippen LogP contribution in [0.25, 0.3) is 0 Å². The number of phosphoric ester groups is 2. The van der Waals surface area contributed by atoms with Gasteiger partial charge >= 0.3 is 27.6 Å². The van der Waals surface area contributed by atoms with Crippen molar-refractivity contribution in [3.63, 3.8) is 0 Å². The molecule has 0 bridgehead atoms. The molecule has 0 amide bonds. The number of unbranched alkanes of at least 4 members (excludes halogenated alkanes) is 7. The van der Waals surface area contributed by atoms with Crippen LogP contribution in [0, 0.1) is 0 Å². The molecule has 0 heterocycles. The lowest BCUT2D eigenvalue weighted by Crippen LogP contribution is -2.64. The SMILES string of the molecule is CC/C=C\C/C=C\C/C=C\C/C=C\C/C=C\CCCCCC(=O)O[C@H](COC(=O)CCC/C=C\C/C=C\C=C\[C@H](O)C/C=C\CCCCC)COP(=O)(O)O[C@H]1C(O)C(O)C(O)[C@@H](OP(=O)(O)O)C1O. The highest BCUT2D eigenvalue weighted by Crippen LogP contribution is 2.49. The summed E-state index contributed by atoms with van der Waals surface area (Å²) in [6.07, 6.45) is 34.9. The van der Waals surface area contributed by atoms with Gasteiger partial charge in [0.2, 0.25) is 0 Å². The van der Waals surface area contributed by atoms with Crippen molar-refractivity contribution in [3.05, 3.63) is 109 Å². The van der Waals surface area contributed by atoms with Gasteiger partial charge in [-0.1, -0.05) is 142 Å². The molecule has 0 radical (unpaired) electrons. The Labute approximate surface area is 415 Å². The van der Waals surface area contributed by atoms with E-state index in [4.69, 9.17) is 18.5 Å². The fourth-order valence-corrected chi connectivity index (χ4v) is 8.14. The zero-order chi connectivity index (χ0) is 51.9. The Kier molecular flexibility index (Phi) is 37.1. The maximum Gasteiger partial charge on any atom is 0.472 e. The maximum absolute atomic E-state index is 13.0. The first-order chi connectivity index (χ1) is 33.5. The van der Waals surface area contributed by atoms with Gasteiger partial charge in [-0.3, -0.25) is 23.2 Å². The van der Waals surface area contributed by atoms with E-state index >= 15 is 0 Å². The molecule has 1 fully saturated rings. The van der Waals surface area contributed by atoms with Crippen LogP contribution >= 0.6 is 15.6 Å². The van der Waals surface area contributed by atoms with Gasteiger partial charge in [0.15, 0.2) is 6.10 Å². The predicted molar refractivity (Wildman–Crippen MR) is 270 cm³/mol. The van der Waals surface area contributed by atoms with Gasteiger partial charge in [0.1, 0.15) is 43.2 Å². The van der Waals surface area contributed by atoms with Crippen LogP contribution in [0.4, 0.5) is 0 Å². The van der Waals surface area contributed by atoms with Crippen LogP contribution in [0.15, 0.2) is 109 Å². The zero-order valence-corrected chi connectivity index (χ0v) is 42.8. The van der Waals surface area contributed by atoms with Crippen molar-refractivity contribution in [2.45, 2.75) is 185 Å². The third kappa shape index (κ3) is 34.1. The minimum atomic E-state index is -5.39. The van der Waals surface area contributed by atoms with E-state index < -0.39 is 89.6 Å². The van der Waals surface area contributed by atoms with Crippen molar-refractivity contribution < 1.29 is 82.0 Å². The molecule has 19 heteroatoms. The second-order valence-electron chi connectivity index (χ2n) is 16.6. The number of ether oxygens (including phenoxy) is 2. The first kappa shape index (κ1) is 64.6. The van der Waals surface area contributed by atoms with Gasteiger partial charge in [0, 0.05) is 12.8 Å². The van der Waals surface area contributed by atoms with Crippen LogP contribution in [0.3, 0.4) is 0 Å². The number of phosphoric acid groups is 2. The standard InChI is InChI=1S/C51H82O17P2/c1-3-5-7-9-11-12-13-14-15-16-17-18-19-20-21-22-27-31-35-39-45(54)66-43(41-65-70(62,63)68-51-48(57)46(55)47(56)50(49(51)58)67-69(59,60)61)40-64-44(53)38-34-30-26-24-23-25-29-33-37-42(52)36-32-28-10-8-6-4-2/h5,7,11-12,14-15,17-18,20-21,24-26,28-29,32-33,37,42-43,46-52,55-58H,3-4,6,8-10,13,16,19,22-23,27,30-31,34-36,38-41H2,1-2H3,(H,62,63)(H2,59,60,61)/b7-5-,12-11-,15-14-,18-17-,21-20-,26-24-,29-25-,32-28-,37-33+/t42-,43-,46?,47?,48?,49?,50-,51+/m1/s1. The molecule has 1 aliphatic rings. The van der Waals surface area contributed by atoms with Gasteiger partial charge in [-0.25, -0.2) is 9.13 Å². The lowest BCUT2D eigenvalue weighted by atomic mass is 9.85. The Hall–Kier alpha value is -3.38. The third-order valence-corrected chi connectivity index (χ3v) is 11.9. The van der Waals surface area contributed by atoms with Gasteiger partial charge in [0.05, 0.1) is 12.7 Å². The van der Waals surface area contributed by atoms with Crippen LogP contribution < -0.4 is 0 Å². The predicted octanol–water partition coefficient (Wildman–Crippen LogP) is 8.70. The van der Waals surface area contributed by atoms with Crippen molar-refractivity contribution >= 4 is 27.6 Å².